The van der Waals surface area contributed by atoms with Gasteiger partial charge in [0.25, 0.3) is 0 Å². The van der Waals surface area contributed by atoms with Gasteiger partial charge in [-0.25, -0.2) is 0 Å². The fraction of sp³-hybridized carbons (Fsp3) is 0.0526. The lowest BCUT2D eigenvalue weighted by Crippen LogP contribution is -2.06. The Morgan fingerprint density at radius 1 is 1.37 bits per heavy atom. The number of nitro groups is 1. The number of halogens is 1. The van der Waals surface area contributed by atoms with Crippen LogP contribution >= 0.6 is 0 Å². The minimum absolute atomic E-state index is 0.00846. The molecule has 0 amide bonds. The van der Waals surface area contributed by atoms with E-state index in [-0.39, 0.29) is 22.1 Å². The van der Waals surface area contributed by atoms with E-state index in [9.17, 15) is 24.6 Å². The summed E-state index contributed by atoms with van der Waals surface area (Å²) in [7, 11) is 1.45. The average Bonchev–Trinajstić information content (AvgIpc) is 2.67. The van der Waals surface area contributed by atoms with Gasteiger partial charge in [0.2, 0.25) is 5.82 Å². The molecule has 0 saturated carbocycles. The number of benzene rings is 2. The quantitative estimate of drug-likeness (QED) is 0.394. The summed E-state index contributed by atoms with van der Waals surface area (Å²) in [6, 6.07) is 9.85. The van der Waals surface area contributed by atoms with Crippen LogP contribution in [0.15, 0.2) is 51.9 Å². The summed E-state index contributed by atoms with van der Waals surface area (Å²) < 4.78 is 24.3. The molecule has 1 aromatic heterocycles. The molecule has 0 aliphatic rings. The Labute approximate surface area is 151 Å². The molecular formula is C19H11FN2O5. The van der Waals surface area contributed by atoms with E-state index in [0.29, 0.717) is 11.3 Å². The molecule has 0 atom stereocenters. The Bertz CT molecular complexity index is 1190. The lowest BCUT2D eigenvalue weighted by molar-refractivity contribution is -0.387. The number of nitro benzene ring substituents is 1. The maximum atomic E-state index is 13.8. The first-order valence-corrected chi connectivity index (χ1v) is 7.61. The molecule has 0 unspecified atom stereocenters. The van der Waals surface area contributed by atoms with Gasteiger partial charge in [0.1, 0.15) is 23.7 Å². The van der Waals surface area contributed by atoms with Crippen LogP contribution in [-0.2, 0) is 0 Å². The topological polar surface area (TPSA) is 106 Å². The molecule has 3 aromatic rings. The first-order chi connectivity index (χ1) is 13.0. The number of nitriles is 1. The van der Waals surface area contributed by atoms with Gasteiger partial charge >= 0.3 is 5.69 Å². The van der Waals surface area contributed by atoms with Gasteiger partial charge in [-0.1, -0.05) is 6.07 Å². The number of allylic oxidation sites excluding steroid dienone is 1. The van der Waals surface area contributed by atoms with Crippen molar-refractivity contribution in [2.75, 3.05) is 7.11 Å². The van der Waals surface area contributed by atoms with Crippen molar-refractivity contribution in [1.29, 1.82) is 5.26 Å². The minimum atomic E-state index is -1.08. The van der Waals surface area contributed by atoms with E-state index in [1.54, 1.807) is 18.2 Å². The summed E-state index contributed by atoms with van der Waals surface area (Å²) in [5.74, 6) is -0.633. The number of rotatable bonds is 4. The van der Waals surface area contributed by atoms with Crippen LogP contribution in [0.5, 0.6) is 5.75 Å². The fourth-order valence-corrected chi connectivity index (χ4v) is 2.60. The zero-order valence-corrected chi connectivity index (χ0v) is 13.9. The third-order valence-corrected chi connectivity index (χ3v) is 3.89. The third kappa shape index (κ3) is 3.26. The molecule has 0 spiro atoms. The van der Waals surface area contributed by atoms with E-state index in [1.165, 1.54) is 25.3 Å². The molecular weight excluding hydrogens is 355 g/mol. The maximum Gasteiger partial charge on any atom is 0.313 e. The number of fused-ring (bicyclic) bond motifs is 1. The van der Waals surface area contributed by atoms with Gasteiger partial charge in [-0.05, 0) is 36.4 Å². The summed E-state index contributed by atoms with van der Waals surface area (Å²) >= 11 is 0. The highest BCUT2D eigenvalue weighted by Gasteiger charge is 2.22. The zero-order chi connectivity index (χ0) is 19.6. The summed E-state index contributed by atoms with van der Waals surface area (Å²) in [4.78, 5) is 22.9. The Morgan fingerprint density at radius 3 is 2.81 bits per heavy atom. The maximum absolute atomic E-state index is 13.8. The number of para-hydroxylation sites is 1. The summed E-state index contributed by atoms with van der Waals surface area (Å²) in [6.45, 7) is 0. The van der Waals surface area contributed by atoms with Crippen molar-refractivity contribution in [3.8, 4) is 11.8 Å². The van der Waals surface area contributed by atoms with Crippen LogP contribution in [0.2, 0.25) is 0 Å². The van der Waals surface area contributed by atoms with Gasteiger partial charge in [0.15, 0.2) is 5.43 Å². The molecule has 0 radical (unpaired) electrons. The van der Waals surface area contributed by atoms with Crippen LogP contribution in [-0.4, -0.2) is 12.0 Å². The van der Waals surface area contributed by atoms with Crippen LogP contribution in [0.3, 0.4) is 0 Å². The highest BCUT2D eigenvalue weighted by Crippen LogP contribution is 2.29. The van der Waals surface area contributed by atoms with Gasteiger partial charge in [0.05, 0.1) is 34.1 Å². The van der Waals surface area contributed by atoms with Gasteiger partial charge in [-0.15, -0.1) is 0 Å². The number of hydrogen-bond donors (Lipinski definition) is 0. The normalized spacial score (nSPS) is 11.2. The summed E-state index contributed by atoms with van der Waals surface area (Å²) in [5, 5.41) is 20.8. The molecule has 1 heterocycles. The molecule has 7 nitrogen and oxygen atoms in total. The predicted octanol–water partition coefficient (Wildman–Crippen LogP) is 3.91. The second kappa shape index (κ2) is 7.09. The highest BCUT2D eigenvalue weighted by molar-refractivity contribution is 5.93. The molecule has 0 N–H and O–H groups in total. The van der Waals surface area contributed by atoms with Crippen LogP contribution in [0.1, 0.15) is 11.1 Å². The number of methoxy groups -OCH3 is 1. The molecule has 0 bridgehead atoms. The smallest absolute Gasteiger partial charge is 0.313 e. The summed E-state index contributed by atoms with van der Waals surface area (Å²) in [6.07, 6.45) is 2.27. The van der Waals surface area contributed by atoms with Crippen molar-refractivity contribution in [1.82, 2.24) is 0 Å². The Hall–Kier alpha value is -3.99. The lowest BCUT2D eigenvalue weighted by Gasteiger charge is -2.04. The molecule has 3 rings (SSSR count). The molecule has 0 aliphatic carbocycles. The molecule has 8 heteroatoms. The zero-order valence-electron chi connectivity index (χ0n) is 13.9. The van der Waals surface area contributed by atoms with Gasteiger partial charge in [-0.3, -0.25) is 14.9 Å². The van der Waals surface area contributed by atoms with Crippen LogP contribution in [0.4, 0.5) is 10.1 Å². The monoisotopic (exact) mass is 366 g/mol. The highest BCUT2D eigenvalue weighted by atomic mass is 19.1. The van der Waals surface area contributed by atoms with Crippen molar-refractivity contribution in [3.63, 3.8) is 0 Å². The van der Waals surface area contributed by atoms with Crippen molar-refractivity contribution < 1.29 is 18.5 Å². The first kappa shape index (κ1) is 17.8. The third-order valence-electron chi connectivity index (χ3n) is 3.89. The Kier molecular flexibility index (Phi) is 4.68. The van der Waals surface area contributed by atoms with Crippen molar-refractivity contribution in [2.45, 2.75) is 0 Å². The van der Waals surface area contributed by atoms with Crippen LogP contribution < -0.4 is 10.2 Å². The first-order valence-electron chi connectivity index (χ1n) is 7.61. The van der Waals surface area contributed by atoms with Crippen LogP contribution in [0.25, 0.3) is 22.6 Å². The fourth-order valence-electron chi connectivity index (χ4n) is 2.60. The minimum Gasteiger partial charge on any atom is -0.497 e. The van der Waals surface area contributed by atoms with E-state index in [1.807, 2.05) is 0 Å². The van der Waals surface area contributed by atoms with Crippen molar-refractivity contribution >= 4 is 28.3 Å². The molecule has 2 aromatic carbocycles. The SMILES string of the molecule is COc1ccc2occ(/C=C(\C#N)c3cccc(F)c3[N+](=O)[O-])c(=O)c2c1. The number of nitrogens with zero attached hydrogens (tertiary/aromatic N) is 2. The second-order valence-corrected chi connectivity index (χ2v) is 5.45. The van der Waals surface area contributed by atoms with Crippen molar-refractivity contribution in [2.24, 2.45) is 0 Å². The van der Waals surface area contributed by atoms with Gasteiger partial charge in [0, 0.05) is 0 Å². The van der Waals surface area contributed by atoms with E-state index >= 15 is 0 Å². The Morgan fingerprint density at radius 2 is 2.15 bits per heavy atom. The van der Waals surface area contributed by atoms with Gasteiger partial charge < -0.3 is 9.15 Å². The molecule has 0 aliphatic heterocycles. The van der Waals surface area contributed by atoms with E-state index in [4.69, 9.17) is 9.15 Å². The molecule has 134 valence electrons. The van der Waals surface area contributed by atoms with E-state index in [0.717, 1.165) is 18.4 Å². The van der Waals surface area contributed by atoms with E-state index < -0.39 is 21.9 Å². The number of ether oxygens (including phenoxy) is 1. The molecule has 0 saturated heterocycles. The predicted molar refractivity (Wildman–Crippen MR) is 95.6 cm³/mol. The molecule has 27 heavy (non-hydrogen) atoms. The molecule has 0 fully saturated rings. The van der Waals surface area contributed by atoms with E-state index in [2.05, 4.69) is 0 Å². The van der Waals surface area contributed by atoms with Crippen molar-refractivity contribution in [3.05, 3.63) is 79.9 Å². The number of hydrogen-bond acceptors (Lipinski definition) is 6. The van der Waals surface area contributed by atoms with Crippen LogP contribution in [0, 0.1) is 27.3 Å². The standard InChI is InChI=1S/C19H11FN2O5/c1-26-13-5-6-17-15(8-13)19(23)12(10-27-17)7-11(9-21)14-3-2-4-16(20)18(14)22(24)25/h2-8,10H,1H3/b11-7+. The Balaban J connectivity index is 2.23. The second-order valence-electron chi connectivity index (χ2n) is 5.45. The largest absolute Gasteiger partial charge is 0.497 e. The average molecular weight is 366 g/mol. The van der Waals surface area contributed by atoms with Gasteiger partial charge in [-0.2, -0.15) is 9.65 Å². The summed E-state index contributed by atoms with van der Waals surface area (Å²) in [5.41, 5.74) is -1.46. The lowest BCUT2D eigenvalue weighted by atomic mass is 10.0.